The topological polar surface area (TPSA) is 74.1 Å². The molecular weight excluding hydrogens is 279 g/mol. The Morgan fingerprint density at radius 1 is 1.30 bits per heavy atom. The molecule has 0 saturated carbocycles. The first-order valence-electron chi connectivity index (χ1n) is 5.42. The Labute approximate surface area is 109 Å². The highest BCUT2D eigenvalue weighted by Crippen LogP contribution is 2.14. The molecule has 0 aliphatic heterocycles. The number of hydrogen-bond acceptors (Lipinski definition) is 5. The number of hydrogen-bond donors (Lipinski definition) is 0. The lowest BCUT2D eigenvalue weighted by Gasteiger charge is -2.08. The van der Waals surface area contributed by atoms with Gasteiger partial charge in [0.25, 0.3) is 5.56 Å². The third-order valence-corrected chi connectivity index (χ3v) is 2.31. The van der Waals surface area contributed by atoms with Crippen LogP contribution in [0.25, 0.3) is 10.9 Å². The normalized spacial score (nSPS) is 11.6. The summed E-state index contributed by atoms with van der Waals surface area (Å²) < 4.78 is 40.2. The molecule has 6 nitrogen and oxygen atoms in total. The van der Waals surface area contributed by atoms with Gasteiger partial charge >= 0.3 is 12.1 Å². The Morgan fingerprint density at radius 3 is 2.70 bits per heavy atom. The Morgan fingerprint density at radius 2 is 2.00 bits per heavy atom. The Hall–Kier alpha value is -2.45. The molecule has 0 N–H and O–H groups in total. The first-order chi connectivity index (χ1) is 9.37. The monoisotopic (exact) mass is 287 g/mol. The third-order valence-electron chi connectivity index (χ3n) is 2.31. The van der Waals surface area contributed by atoms with Gasteiger partial charge in [-0.1, -0.05) is 17.3 Å². The molecule has 0 unspecified atom stereocenters. The van der Waals surface area contributed by atoms with Gasteiger partial charge in [-0.2, -0.15) is 17.9 Å². The molecule has 0 aliphatic rings. The molecule has 2 aromatic rings. The summed E-state index contributed by atoms with van der Waals surface area (Å²) in [4.78, 5) is 23.1. The first-order valence-corrected chi connectivity index (χ1v) is 5.42. The summed E-state index contributed by atoms with van der Waals surface area (Å²) in [5.74, 6) is -1.21. The van der Waals surface area contributed by atoms with Gasteiger partial charge in [0.15, 0.2) is 6.61 Å². The summed E-state index contributed by atoms with van der Waals surface area (Å²) in [6, 6.07) is 6.27. The fourth-order valence-electron chi connectivity index (χ4n) is 1.46. The van der Waals surface area contributed by atoms with E-state index in [0.29, 0.717) is 10.2 Å². The van der Waals surface area contributed by atoms with E-state index in [1.165, 1.54) is 6.07 Å². The first kappa shape index (κ1) is 14.0. The summed E-state index contributed by atoms with van der Waals surface area (Å²) >= 11 is 0. The Kier molecular flexibility index (Phi) is 3.68. The van der Waals surface area contributed by atoms with E-state index in [9.17, 15) is 22.8 Å². The van der Waals surface area contributed by atoms with Gasteiger partial charge < -0.3 is 4.74 Å². The standard InChI is InChI=1S/C11H8F3N3O3/c12-11(13,14)6-20-9(18)5-17-10(19)7-3-1-2-4-8(7)15-16-17/h1-4H,5-6H2. The van der Waals surface area contributed by atoms with E-state index >= 15 is 0 Å². The molecule has 0 spiro atoms. The van der Waals surface area contributed by atoms with Gasteiger partial charge in [-0.25, -0.2) is 0 Å². The van der Waals surface area contributed by atoms with Crippen LogP contribution >= 0.6 is 0 Å². The van der Waals surface area contributed by atoms with Crippen LogP contribution in [0.4, 0.5) is 13.2 Å². The maximum absolute atomic E-state index is 11.9. The number of ether oxygens (including phenoxy) is 1. The molecule has 9 heteroatoms. The molecule has 0 bridgehead atoms. The van der Waals surface area contributed by atoms with Gasteiger partial charge in [0.2, 0.25) is 0 Å². The maximum atomic E-state index is 11.9. The van der Waals surface area contributed by atoms with E-state index in [4.69, 9.17) is 0 Å². The second kappa shape index (κ2) is 5.27. The lowest BCUT2D eigenvalue weighted by molar-refractivity contribution is -0.186. The minimum Gasteiger partial charge on any atom is -0.455 e. The van der Waals surface area contributed by atoms with Gasteiger partial charge in [-0.15, -0.1) is 5.10 Å². The molecule has 20 heavy (non-hydrogen) atoms. The van der Waals surface area contributed by atoms with Crippen molar-refractivity contribution in [2.75, 3.05) is 6.61 Å². The van der Waals surface area contributed by atoms with Crippen LogP contribution < -0.4 is 5.56 Å². The lowest BCUT2D eigenvalue weighted by Crippen LogP contribution is -2.30. The highest BCUT2D eigenvalue weighted by atomic mass is 19.4. The molecule has 0 atom stereocenters. The number of nitrogens with zero attached hydrogens (tertiary/aromatic N) is 3. The van der Waals surface area contributed by atoms with Crippen molar-refractivity contribution < 1.29 is 22.7 Å². The molecule has 2 rings (SSSR count). The molecule has 0 fully saturated rings. The van der Waals surface area contributed by atoms with E-state index in [1.54, 1.807) is 18.2 Å². The van der Waals surface area contributed by atoms with Crippen molar-refractivity contribution >= 4 is 16.9 Å². The van der Waals surface area contributed by atoms with Crippen molar-refractivity contribution in [3.05, 3.63) is 34.6 Å². The van der Waals surface area contributed by atoms with Gasteiger partial charge in [0, 0.05) is 0 Å². The van der Waals surface area contributed by atoms with Gasteiger partial charge in [0.05, 0.1) is 5.39 Å². The fourth-order valence-corrected chi connectivity index (χ4v) is 1.46. The van der Waals surface area contributed by atoms with Crippen molar-refractivity contribution in [1.29, 1.82) is 0 Å². The number of aromatic nitrogens is 3. The predicted molar refractivity (Wildman–Crippen MR) is 60.8 cm³/mol. The number of rotatable bonds is 3. The maximum Gasteiger partial charge on any atom is 0.422 e. The van der Waals surface area contributed by atoms with Crippen LogP contribution in [0.3, 0.4) is 0 Å². The van der Waals surface area contributed by atoms with E-state index < -0.39 is 30.9 Å². The fraction of sp³-hybridized carbons (Fsp3) is 0.273. The number of carbonyl (C=O) groups excluding carboxylic acids is 1. The molecule has 0 amide bonds. The van der Waals surface area contributed by atoms with Crippen molar-refractivity contribution in [2.24, 2.45) is 0 Å². The number of alkyl halides is 3. The molecule has 1 aromatic heterocycles. The zero-order chi connectivity index (χ0) is 14.8. The molecule has 0 radical (unpaired) electrons. The molecule has 106 valence electrons. The lowest BCUT2D eigenvalue weighted by atomic mass is 10.2. The summed E-state index contributed by atoms with van der Waals surface area (Å²) in [6.07, 6.45) is -4.62. The van der Waals surface area contributed by atoms with Crippen LogP contribution in [0.2, 0.25) is 0 Å². The number of benzene rings is 1. The highest BCUT2D eigenvalue weighted by Gasteiger charge is 2.29. The summed E-state index contributed by atoms with van der Waals surface area (Å²) in [6.45, 7) is -2.44. The second-order valence-corrected chi connectivity index (χ2v) is 3.85. The molecule has 1 aromatic carbocycles. The molecular formula is C11H8F3N3O3. The minimum absolute atomic E-state index is 0.214. The van der Waals surface area contributed by atoms with Gasteiger partial charge in [0.1, 0.15) is 12.1 Å². The summed E-state index contributed by atoms with van der Waals surface area (Å²) in [5.41, 5.74) is -0.294. The van der Waals surface area contributed by atoms with Crippen molar-refractivity contribution in [1.82, 2.24) is 15.0 Å². The third kappa shape index (κ3) is 3.31. The number of fused-ring (bicyclic) bond motifs is 1. The summed E-state index contributed by atoms with van der Waals surface area (Å²) in [5, 5.41) is 7.36. The van der Waals surface area contributed by atoms with Crippen LogP contribution in [0.1, 0.15) is 0 Å². The van der Waals surface area contributed by atoms with Crippen molar-refractivity contribution in [3.63, 3.8) is 0 Å². The SMILES string of the molecule is O=C(Cn1nnc2ccccc2c1=O)OCC(F)(F)F. The molecule has 0 aliphatic carbocycles. The quantitative estimate of drug-likeness (QED) is 0.784. The molecule has 0 saturated heterocycles. The number of esters is 1. The zero-order valence-electron chi connectivity index (χ0n) is 9.92. The average Bonchev–Trinajstić information content (AvgIpc) is 2.39. The van der Waals surface area contributed by atoms with Crippen LogP contribution in [0.5, 0.6) is 0 Å². The van der Waals surface area contributed by atoms with Crippen LogP contribution in [0, 0.1) is 0 Å². The smallest absolute Gasteiger partial charge is 0.422 e. The molecule has 1 heterocycles. The van der Waals surface area contributed by atoms with E-state index in [2.05, 4.69) is 15.0 Å². The Balaban J connectivity index is 2.16. The van der Waals surface area contributed by atoms with Crippen LogP contribution in [-0.2, 0) is 16.1 Å². The van der Waals surface area contributed by atoms with Gasteiger partial charge in [-0.3, -0.25) is 9.59 Å². The minimum atomic E-state index is -4.62. The average molecular weight is 287 g/mol. The highest BCUT2D eigenvalue weighted by molar-refractivity contribution is 5.77. The van der Waals surface area contributed by atoms with Crippen LogP contribution in [0.15, 0.2) is 29.1 Å². The Bertz CT molecular complexity index is 696. The largest absolute Gasteiger partial charge is 0.455 e. The van der Waals surface area contributed by atoms with Crippen molar-refractivity contribution in [3.8, 4) is 0 Å². The van der Waals surface area contributed by atoms with Crippen molar-refractivity contribution in [2.45, 2.75) is 12.7 Å². The van der Waals surface area contributed by atoms with Crippen LogP contribution in [-0.4, -0.2) is 33.7 Å². The summed E-state index contributed by atoms with van der Waals surface area (Å²) in [7, 11) is 0. The predicted octanol–water partition coefficient (Wildman–Crippen LogP) is 0.897. The number of carbonyl (C=O) groups is 1. The second-order valence-electron chi connectivity index (χ2n) is 3.85. The van der Waals surface area contributed by atoms with Gasteiger partial charge in [-0.05, 0) is 12.1 Å². The van der Waals surface area contributed by atoms with E-state index in [1.807, 2.05) is 0 Å². The van der Waals surface area contributed by atoms with E-state index in [-0.39, 0.29) is 5.39 Å². The number of halogens is 3. The van der Waals surface area contributed by atoms with E-state index in [0.717, 1.165) is 0 Å². The zero-order valence-corrected chi connectivity index (χ0v) is 9.92.